The Morgan fingerprint density at radius 1 is 1.12 bits per heavy atom. The number of carbonyl (C=O) groups excluding carboxylic acids is 1. The van der Waals surface area contributed by atoms with Crippen LogP contribution in [-0.2, 0) is 18.2 Å². The summed E-state index contributed by atoms with van der Waals surface area (Å²) < 4.78 is 29.6. The van der Waals surface area contributed by atoms with E-state index in [0.29, 0.717) is 43.2 Å². The molecule has 4 aliphatic rings. The van der Waals surface area contributed by atoms with Crippen LogP contribution >= 0.6 is 0 Å². The molecule has 2 aromatic heterocycles. The van der Waals surface area contributed by atoms with Gasteiger partial charge < -0.3 is 34.3 Å². The maximum absolute atomic E-state index is 15.2. The minimum absolute atomic E-state index is 0.110. The van der Waals surface area contributed by atoms with Crippen molar-refractivity contribution in [3.05, 3.63) is 47.8 Å². The first-order valence-electron chi connectivity index (χ1n) is 17.8. The quantitative estimate of drug-likeness (QED) is 0.243. The van der Waals surface area contributed by atoms with Crippen LogP contribution in [0.15, 0.2) is 36.4 Å². The van der Waals surface area contributed by atoms with Crippen LogP contribution in [0.3, 0.4) is 0 Å². The molecular formula is C38H47FN6O4. The molecule has 2 bridgehead atoms. The van der Waals surface area contributed by atoms with Crippen LogP contribution in [-0.4, -0.2) is 101 Å². The molecule has 260 valence electrons. The number of hydrogen-bond donors (Lipinski definition) is 2. The van der Waals surface area contributed by atoms with Crippen molar-refractivity contribution in [3.8, 4) is 22.9 Å². The fourth-order valence-corrected chi connectivity index (χ4v) is 9.17. The van der Waals surface area contributed by atoms with Gasteiger partial charge in [-0.2, -0.15) is 4.98 Å². The summed E-state index contributed by atoms with van der Waals surface area (Å²) in [4.78, 5) is 23.8. The van der Waals surface area contributed by atoms with Gasteiger partial charge in [-0.1, -0.05) is 13.0 Å². The molecule has 6 heterocycles. The Morgan fingerprint density at radius 3 is 2.67 bits per heavy atom. The number of halogens is 1. The van der Waals surface area contributed by atoms with Crippen LogP contribution < -0.4 is 15.0 Å². The Labute approximate surface area is 286 Å². The van der Waals surface area contributed by atoms with E-state index in [0.717, 1.165) is 96.9 Å². The number of ether oxygens (including phenoxy) is 2. The Hall–Kier alpha value is -4.09. The van der Waals surface area contributed by atoms with Crippen LogP contribution in [0.25, 0.3) is 32.9 Å². The fourth-order valence-electron chi connectivity index (χ4n) is 9.17. The number of fused-ring (bicyclic) bond motifs is 5. The SMILES string of the molecule is CCc1c(F)ccc2cc(O)cc(-c3cc4c(N5CC6CCC(C5)N6)nc(OCC56CCCN5[C@@H](COC(=O)N(C)C)CC6)cc4n3C)c12. The topological polar surface area (TPSA) is 95.3 Å². The predicted octanol–water partition coefficient (Wildman–Crippen LogP) is 5.82. The van der Waals surface area contributed by atoms with Crippen LogP contribution in [0, 0.1) is 5.82 Å². The number of carbonyl (C=O) groups is 1. The van der Waals surface area contributed by atoms with E-state index in [1.54, 1.807) is 32.3 Å². The highest BCUT2D eigenvalue weighted by Gasteiger charge is 2.50. The highest BCUT2D eigenvalue weighted by molar-refractivity contribution is 6.04. The summed E-state index contributed by atoms with van der Waals surface area (Å²) in [5, 5.41) is 17.2. The van der Waals surface area contributed by atoms with Gasteiger partial charge in [0.2, 0.25) is 5.88 Å². The first-order valence-corrected chi connectivity index (χ1v) is 17.8. The molecule has 2 N–H and O–H groups in total. The number of aromatic hydroxyl groups is 1. The summed E-state index contributed by atoms with van der Waals surface area (Å²) >= 11 is 0. The van der Waals surface area contributed by atoms with Gasteiger partial charge in [0, 0.05) is 75.1 Å². The van der Waals surface area contributed by atoms with E-state index >= 15 is 4.39 Å². The molecule has 4 fully saturated rings. The smallest absolute Gasteiger partial charge is 0.409 e. The number of hydrogen-bond acceptors (Lipinski definition) is 8. The molecule has 2 aromatic carbocycles. The summed E-state index contributed by atoms with van der Waals surface area (Å²) in [6.45, 7) is 5.58. The van der Waals surface area contributed by atoms with Gasteiger partial charge >= 0.3 is 6.09 Å². The molecular weight excluding hydrogens is 623 g/mol. The number of phenolic OH excluding ortho intramolecular Hbond substituents is 1. The van der Waals surface area contributed by atoms with Gasteiger partial charge in [-0.05, 0) is 92.1 Å². The van der Waals surface area contributed by atoms with Crippen LogP contribution in [0.4, 0.5) is 15.0 Å². The maximum atomic E-state index is 15.2. The van der Waals surface area contributed by atoms with Crippen molar-refractivity contribution in [2.45, 2.75) is 75.5 Å². The van der Waals surface area contributed by atoms with E-state index in [2.05, 4.69) is 25.8 Å². The number of amides is 1. The normalized spacial score (nSPS) is 25.0. The van der Waals surface area contributed by atoms with Crippen LogP contribution in [0.1, 0.15) is 51.0 Å². The molecule has 4 atom stereocenters. The van der Waals surface area contributed by atoms with Gasteiger partial charge in [0.1, 0.15) is 30.6 Å². The Bertz CT molecular complexity index is 1920. The summed E-state index contributed by atoms with van der Waals surface area (Å²) in [5.74, 6) is 1.40. The number of nitrogens with one attached hydrogen (secondary N) is 1. The summed E-state index contributed by atoms with van der Waals surface area (Å²) in [6.07, 6.45) is 6.62. The number of phenols is 1. The van der Waals surface area contributed by atoms with Gasteiger partial charge in [0.05, 0.1) is 11.1 Å². The number of piperazine rings is 1. The molecule has 0 aliphatic carbocycles. The first-order chi connectivity index (χ1) is 23.6. The zero-order valence-corrected chi connectivity index (χ0v) is 29.0. The lowest BCUT2D eigenvalue weighted by atomic mass is 9.95. The van der Waals surface area contributed by atoms with E-state index in [9.17, 15) is 9.90 Å². The number of aromatic nitrogens is 2. The number of anilines is 1. The maximum Gasteiger partial charge on any atom is 0.409 e. The molecule has 49 heavy (non-hydrogen) atoms. The van der Waals surface area contributed by atoms with Crippen molar-refractivity contribution in [1.82, 2.24) is 24.7 Å². The van der Waals surface area contributed by atoms with Crippen LogP contribution in [0.5, 0.6) is 11.6 Å². The highest BCUT2D eigenvalue weighted by atomic mass is 19.1. The van der Waals surface area contributed by atoms with E-state index < -0.39 is 0 Å². The van der Waals surface area contributed by atoms with Gasteiger partial charge in [-0.25, -0.2) is 9.18 Å². The Kier molecular flexibility index (Phi) is 8.10. The molecule has 0 saturated carbocycles. The number of aryl methyl sites for hydroxylation is 2. The van der Waals surface area contributed by atoms with Crippen molar-refractivity contribution in [1.29, 1.82) is 0 Å². The third kappa shape index (κ3) is 5.55. The average molecular weight is 671 g/mol. The number of pyridine rings is 1. The number of rotatable bonds is 8. The van der Waals surface area contributed by atoms with Gasteiger partial charge in [0.15, 0.2) is 0 Å². The molecule has 4 saturated heterocycles. The Morgan fingerprint density at radius 2 is 1.92 bits per heavy atom. The zero-order chi connectivity index (χ0) is 34.0. The highest BCUT2D eigenvalue weighted by Crippen LogP contribution is 2.44. The van der Waals surface area contributed by atoms with Gasteiger partial charge in [-0.15, -0.1) is 0 Å². The molecule has 4 aliphatic heterocycles. The molecule has 1 amide bonds. The number of nitrogens with zero attached hydrogens (tertiary/aromatic N) is 5. The third-order valence-corrected chi connectivity index (χ3v) is 11.6. The second-order valence-corrected chi connectivity index (χ2v) is 14.8. The zero-order valence-electron chi connectivity index (χ0n) is 29.0. The van der Waals surface area contributed by atoms with E-state index in [1.807, 2.05) is 20.0 Å². The standard InChI is InChI=1S/C38H47FN6O4/c1-5-28-31(39)10-7-23-15-27(46)16-29(35(23)28)32-17-30-33(43(32)4)18-34(41-36(30)44-19-24-8-9-25(20-44)40-24)49-22-38-12-6-14-45(38)26(11-13-38)21-48-37(47)42(2)3/h7,10,15-18,24-26,40,46H,5-6,8-9,11-14,19-22H2,1-4H3/t24?,25?,26-,38?/m1/s1. The first kappa shape index (κ1) is 32.1. The van der Waals surface area contributed by atoms with Crippen molar-refractivity contribution in [3.63, 3.8) is 0 Å². The summed E-state index contributed by atoms with van der Waals surface area (Å²) in [6, 6.07) is 11.9. The van der Waals surface area contributed by atoms with Crippen LogP contribution in [0.2, 0.25) is 0 Å². The molecule has 3 unspecified atom stereocenters. The third-order valence-electron chi connectivity index (χ3n) is 11.6. The molecule has 10 nitrogen and oxygen atoms in total. The molecule has 8 rings (SSSR count). The largest absolute Gasteiger partial charge is 0.508 e. The lowest BCUT2D eigenvalue weighted by Crippen LogP contribution is -2.51. The monoisotopic (exact) mass is 670 g/mol. The summed E-state index contributed by atoms with van der Waals surface area (Å²) in [7, 11) is 5.44. The summed E-state index contributed by atoms with van der Waals surface area (Å²) in [5.41, 5.74) is 3.20. The van der Waals surface area contributed by atoms with Gasteiger partial charge in [0.25, 0.3) is 0 Å². The van der Waals surface area contributed by atoms with E-state index in [4.69, 9.17) is 14.5 Å². The molecule has 0 spiro atoms. The predicted molar refractivity (Wildman–Crippen MR) is 189 cm³/mol. The lowest BCUT2D eigenvalue weighted by Gasteiger charge is -2.35. The molecule has 4 aromatic rings. The van der Waals surface area contributed by atoms with Crippen molar-refractivity contribution in [2.24, 2.45) is 7.05 Å². The lowest BCUT2D eigenvalue weighted by molar-refractivity contribution is 0.0494. The van der Waals surface area contributed by atoms with Gasteiger partial charge in [-0.3, -0.25) is 4.90 Å². The second-order valence-electron chi connectivity index (χ2n) is 14.8. The average Bonchev–Trinajstić information content (AvgIpc) is 3.84. The van der Waals surface area contributed by atoms with Crippen molar-refractivity contribution in [2.75, 3.05) is 51.8 Å². The number of benzene rings is 2. The molecule has 11 heteroatoms. The fraction of sp³-hybridized carbons (Fsp3) is 0.526. The minimum Gasteiger partial charge on any atom is -0.508 e. The minimum atomic E-state index is -0.309. The Balaban J connectivity index is 1.17. The molecule has 0 radical (unpaired) electrons. The second kappa shape index (κ2) is 12.4. The van der Waals surface area contributed by atoms with Crippen molar-refractivity contribution >= 4 is 33.6 Å². The van der Waals surface area contributed by atoms with E-state index in [1.165, 1.54) is 11.0 Å². The van der Waals surface area contributed by atoms with Crippen molar-refractivity contribution < 1.29 is 23.8 Å². The van der Waals surface area contributed by atoms with E-state index in [-0.39, 0.29) is 29.2 Å².